The zero-order valence-electron chi connectivity index (χ0n) is 8.22. The van der Waals surface area contributed by atoms with Crippen molar-refractivity contribution in [3.05, 3.63) is 0 Å². The molecule has 0 aliphatic carbocycles. The molecule has 0 saturated heterocycles. The summed E-state index contributed by atoms with van der Waals surface area (Å²) in [6, 6.07) is 1.93. The SMILES string of the molecule is CC(C)OC(C)C.CCC#N. The van der Waals surface area contributed by atoms with Gasteiger partial charge in [0.25, 0.3) is 0 Å². The van der Waals surface area contributed by atoms with Gasteiger partial charge in [-0.3, -0.25) is 0 Å². The molecule has 0 heterocycles. The van der Waals surface area contributed by atoms with E-state index in [2.05, 4.69) is 0 Å². The normalized spacial score (nSPS) is 8.91. The minimum absolute atomic E-state index is 0.375. The predicted molar refractivity (Wildman–Crippen MR) is 47.3 cm³/mol. The minimum atomic E-state index is 0.375. The predicted octanol–water partition coefficient (Wildman–Crippen LogP) is 2.74. The number of hydrogen-bond donors (Lipinski definition) is 0. The van der Waals surface area contributed by atoms with E-state index in [1.807, 2.05) is 40.7 Å². The van der Waals surface area contributed by atoms with Crippen LogP contribution in [0.2, 0.25) is 0 Å². The Hall–Kier alpha value is -0.550. The van der Waals surface area contributed by atoms with Gasteiger partial charge in [0.15, 0.2) is 0 Å². The molecule has 0 unspecified atom stereocenters. The van der Waals surface area contributed by atoms with Gasteiger partial charge in [-0.2, -0.15) is 5.26 Å². The van der Waals surface area contributed by atoms with Crippen LogP contribution in [0.5, 0.6) is 0 Å². The lowest BCUT2D eigenvalue weighted by molar-refractivity contribution is 0.0300. The summed E-state index contributed by atoms with van der Waals surface area (Å²) in [5.41, 5.74) is 0. The van der Waals surface area contributed by atoms with Crippen LogP contribution in [-0.2, 0) is 4.74 Å². The highest BCUT2D eigenvalue weighted by atomic mass is 16.5. The molecule has 0 atom stereocenters. The van der Waals surface area contributed by atoms with E-state index in [1.54, 1.807) is 0 Å². The Morgan fingerprint density at radius 2 is 1.45 bits per heavy atom. The monoisotopic (exact) mass is 157 g/mol. The first-order valence-electron chi connectivity index (χ1n) is 4.07. The number of nitrogens with zero attached hydrogens (tertiary/aromatic N) is 1. The van der Waals surface area contributed by atoms with E-state index >= 15 is 0 Å². The second-order valence-corrected chi connectivity index (χ2v) is 2.75. The lowest BCUT2D eigenvalue weighted by Crippen LogP contribution is -2.09. The van der Waals surface area contributed by atoms with Crippen LogP contribution in [0.1, 0.15) is 41.0 Å². The molecule has 0 saturated carbocycles. The summed E-state index contributed by atoms with van der Waals surface area (Å²) in [7, 11) is 0. The zero-order chi connectivity index (χ0) is 9.28. The molecule has 0 amide bonds. The second kappa shape index (κ2) is 9.45. The zero-order valence-corrected chi connectivity index (χ0v) is 8.22. The van der Waals surface area contributed by atoms with Crippen molar-refractivity contribution < 1.29 is 4.74 Å². The minimum Gasteiger partial charge on any atom is -0.376 e. The molecule has 0 N–H and O–H groups in total. The summed E-state index contributed by atoms with van der Waals surface area (Å²) >= 11 is 0. The van der Waals surface area contributed by atoms with Crippen LogP contribution in [0.25, 0.3) is 0 Å². The Morgan fingerprint density at radius 3 is 1.45 bits per heavy atom. The standard InChI is InChI=1S/C6H14O.C3H5N/c1-5(2)7-6(3)4;1-2-3-4/h5-6H,1-4H3;2H2,1H3. The number of nitriles is 1. The van der Waals surface area contributed by atoms with Gasteiger partial charge in [-0.05, 0) is 27.7 Å². The fraction of sp³-hybridized carbons (Fsp3) is 0.889. The molecule has 0 aromatic heterocycles. The van der Waals surface area contributed by atoms with Gasteiger partial charge in [-0.25, -0.2) is 0 Å². The van der Waals surface area contributed by atoms with Crippen LogP contribution >= 0.6 is 0 Å². The van der Waals surface area contributed by atoms with Gasteiger partial charge in [0, 0.05) is 6.42 Å². The van der Waals surface area contributed by atoms with Crippen LogP contribution in [0.4, 0.5) is 0 Å². The molecule has 0 fully saturated rings. The number of ether oxygens (including phenoxy) is 1. The summed E-state index contributed by atoms with van der Waals surface area (Å²) < 4.78 is 5.25. The fourth-order valence-corrected chi connectivity index (χ4v) is 0.544. The maximum atomic E-state index is 7.62. The van der Waals surface area contributed by atoms with Gasteiger partial charge in [0.2, 0.25) is 0 Å². The molecular weight excluding hydrogens is 138 g/mol. The van der Waals surface area contributed by atoms with Crippen molar-refractivity contribution >= 4 is 0 Å². The highest BCUT2D eigenvalue weighted by molar-refractivity contribution is 4.61. The third-order valence-electron chi connectivity index (χ3n) is 0.702. The quantitative estimate of drug-likeness (QED) is 0.617. The lowest BCUT2D eigenvalue weighted by atomic mass is 10.4. The summed E-state index contributed by atoms with van der Waals surface area (Å²) in [5, 5.41) is 7.62. The van der Waals surface area contributed by atoms with Crippen molar-refractivity contribution in [1.29, 1.82) is 5.26 Å². The van der Waals surface area contributed by atoms with Crippen molar-refractivity contribution in [2.45, 2.75) is 53.2 Å². The summed E-state index contributed by atoms with van der Waals surface area (Å²) in [4.78, 5) is 0. The Bertz CT molecular complexity index is 96.6. The molecule has 0 aliphatic rings. The highest BCUT2D eigenvalue weighted by Gasteiger charge is 1.94. The van der Waals surface area contributed by atoms with Crippen molar-refractivity contribution in [1.82, 2.24) is 0 Å². The number of hydrogen-bond acceptors (Lipinski definition) is 2. The molecule has 2 heteroatoms. The van der Waals surface area contributed by atoms with E-state index < -0.39 is 0 Å². The lowest BCUT2D eigenvalue weighted by Gasteiger charge is -2.09. The van der Waals surface area contributed by atoms with Crippen LogP contribution in [0.15, 0.2) is 0 Å². The summed E-state index contributed by atoms with van der Waals surface area (Å²) in [6.45, 7) is 9.99. The van der Waals surface area contributed by atoms with Gasteiger partial charge in [0.05, 0.1) is 18.3 Å². The van der Waals surface area contributed by atoms with Crippen molar-refractivity contribution in [3.8, 4) is 6.07 Å². The van der Waals surface area contributed by atoms with E-state index in [0.29, 0.717) is 18.6 Å². The average Bonchev–Trinajstić information content (AvgIpc) is 1.85. The van der Waals surface area contributed by atoms with Crippen molar-refractivity contribution in [2.24, 2.45) is 0 Å². The maximum absolute atomic E-state index is 7.62. The first-order chi connectivity index (χ1) is 5.04. The third kappa shape index (κ3) is 26.5. The molecule has 2 nitrogen and oxygen atoms in total. The van der Waals surface area contributed by atoms with E-state index in [-0.39, 0.29) is 0 Å². The summed E-state index contributed by atoms with van der Waals surface area (Å²) in [6.07, 6.45) is 1.37. The molecule has 0 spiro atoms. The largest absolute Gasteiger partial charge is 0.376 e. The van der Waals surface area contributed by atoms with E-state index in [1.165, 1.54) is 0 Å². The smallest absolute Gasteiger partial charge is 0.0618 e. The van der Waals surface area contributed by atoms with Crippen LogP contribution in [-0.4, -0.2) is 12.2 Å². The van der Waals surface area contributed by atoms with E-state index in [9.17, 15) is 0 Å². The van der Waals surface area contributed by atoms with Crippen LogP contribution < -0.4 is 0 Å². The molecule has 0 aromatic rings. The highest BCUT2D eigenvalue weighted by Crippen LogP contribution is 1.93. The van der Waals surface area contributed by atoms with Crippen molar-refractivity contribution in [3.63, 3.8) is 0 Å². The van der Waals surface area contributed by atoms with Crippen LogP contribution in [0, 0.1) is 11.3 Å². The van der Waals surface area contributed by atoms with E-state index in [0.717, 1.165) is 0 Å². The van der Waals surface area contributed by atoms with Crippen LogP contribution in [0.3, 0.4) is 0 Å². The van der Waals surface area contributed by atoms with Gasteiger partial charge in [-0.1, -0.05) is 6.92 Å². The molecule has 0 radical (unpaired) electrons. The molecular formula is C9H19NO. The topological polar surface area (TPSA) is 33.0 Å². The van der Waals surface area contributed by atoms with Crippen molar-refractivity contribution in [2.75, 3.05) is 0 Å². The maximum Gasteiger partial charge on any atom is 0.0618 e. The molecule has 0 bridgehead atoms. The number of rotatable bonds is 2. The van der Waals surface area contributed by atoms with Gasteiger partial charge in [-0.15, -0.1) is 0 Å². The fourth-order valence-electron chi connectivity index (χ4n) is 0.544. The second-order valence-electron chi connectivity index (χ2n) is 2.75. The Labute approximate surface area is 70.2 Å². The van der Waals surface area contributed by atoms with Gasteiger partial charge < -0.3 is 4.74 Å². The first kappa shape index (κ1) is 13.1. The molecule has 11 heavy (non-hydrogen) atoms. The molecule has 0 rings (SSSR count). The first-order valence-corrected chi connectivity index (χ1v) is 4.07. The third-order valence-corrected chi connectivity index (χ3v) is 0.702. The molecule has 0 aromatic carbocycles. The Balaban J connectivity index is 0. The summed E-state index contributed by atoms with van der Waals surface area (Å²) in [5.74, 6) is 0. The molecule has 0 aliphatic heterocycles. The Morgan fingerprint density at radius 1 is 1.18 bits per heavy atom. The van der Waals surface area contributed by atoms with Gasteiger partial charge in [0.1, 0.15) is 0 Å². The van der Waals surface area contributed by atoms with E-state index in [4.69, 9.17) is 10.00 Å². The Kier molecular flexibility index (Phi) is 11.2. The molecule has 66 valence electrons. The van der Waals surface area contributed by atoms with Gasteiger partial charge >= 0.3 is 0 Å². The average molecular weight is 157 g/mol.